The Morgan fingerprint density at radius 3 is 2.63 bits per heavy atom. The monoisotopic (exact) mass is 267 g/mol. The summed E-state index contributed by atoms with van der Waals surface area (Å²) in [5, 5.41) is 0. The Labute approximate surface area is 112 Å². The van der Waals surface area contributed by atoms with Crippen LogP contribution in [0.4, 0.5) is 13.2 Å². The van der Waals surface area contributed by atoms with Crippen LogP contribution in [0.15, 0.2) is 18.2 Å². The lowest BCUT2D eigenvalue weighted by Gasteiger charge is -2.09. The molecule has 101 valence electrons. The molecule has 0 bridgehead atoms. The third kappa shape index (κ3) is 5.00. The maximum atomic E-state index is 12.6. The smallest absolute Gasteiger partial charge is 0.384 e. The molecule has 1 rings (SSSR count). The Balaban J connectivity index is 3.04. The van der Waals surface area contributed by atoms with Crippen molar-refractivity contribution in [1.29, 1.82) is 0 Å². The zero-order chi connectivity index (χ0) is 14.3. The van der Waals surface area contributed by atoms with Gasteiger partial charge in [0, 0.05) is 19.1 Å². The second-order valence-electron chi connectivity index (χ2n) is 3.96. The number of methoxy groups -OCH3 is 1. The van der Waals surface area contributed by atoms with Crippen molar-refractivity contribution in [3.63, 3.8) is 0 Å². The van der Waals surface area contributed by atoms with Gasteiger partial charge in [0.1, 0.15) is 0 Å². The summed E-state index contributed by atoms with van der Waals surface area (Å²) in [6, 6.07) is 3.65. The minimum atomic E-state index is -4.34. The van der Waals surface area contributed by atoms with E-state index < -0.39 is 11.7 Å². The summed E-state index contributed by atoms with van der Waals surface area (Å²) in [5.74, 6) is 5.60. The summed E-state index contributed by atoms with van der Waals surface area (Å²) in [7, 11) is 3.42. The van der Waals surface area contributed by atoms with Crippen molar-refractivity contribution in [2.75, 3.05) is 13.7 Å². The van der Waals surface area contributed by atoms with Crippen LogP contribution in [0.1, 0.15) is 24.5 Å². The largest absolute Gasteiger partial charge is 0.416 e. The first kappa shape index (κ1) is 15.7. The lowest BCUT2D eigenvalue weighted by atomic mass is 9.66. The molecule has 0 aliphatic rings. The van der Waals surface area contributed by atoms with E-state index in [1.165, 1.54) is 6.07 Å². The topological polar surface area (TPSA) is 9.23 Å². The third-order valence-electron chi connectivity index (χ3n) is 2.46. The molecule has 0 amide bonds. The second-order valence-corrected chi connectivity index (χ2v) is 3.96. The van der Waals surface area contributed by atoms with Crippen molar-refractivity contribution in [1.82, 2.24) is 0 Å². The maximum absolute atomic E-state index is 12.6. The first-order chi connectivity index (χ1) is 8.99. The molecule has 0 fully saturated rings. The molecule has 0 aromatic heterocycles. The Bertz CT molecular complexity index is 472. The lowest BCUT2D eigenvalue weighted by molar-refractivity contribution is -0.137. The van der Waals surface area contributed by atoms with Crippen molar-refractivity contribution in [3.05, 3.63) is 29.3 Å². The van der Waals surface area contributed by atoms with Crippen LogP contribution in [-0.2, 0) is 10.9 Å². The molecular formula is C14H15BF3O. The van der Waals surface area contributed by atoms with Crippen LogP contribution in [0.25, 0.3) is 0 Å². The van der Waals surface area contributed by atoms with Crippen LogP contribution in [-0.4, -0.2) is 21.0 Å². The molecule has 0 unspecified atom stereocenters. The van der Waals surface area contributed by atoms with Gasteiger partial charge in [0.05, 0.1) is 12.2 Å². The fraction of sp³-hybridized carbons (Fsp3) is 0.429. The Kier molecular flexibility index (Phi) is 5.97. The summed E-state index contributed by atoms with van der Waals surface area (Å²) in [6.07, 6.45) is -3.09. The number of rotatable bonds is 4. The quantitative estimate of drug-likeness (QED) is 0.463. The van der Waals surface area contributed by atoms with E-state index in [9.17, 15) is 13.2 Å². The van der Waals surface area contributed by atoms with E-state index >= 15 is 0 Å². The highest BCUT2D eigenvalue weighted by Gasteiger charge is 2.30. The van der Waals surface area contributed by atoms with Crippen molar-refractivity contribution < 1.29 is 17.9 Å². The van der Waals surface area contributed by atoms with Gasteiger partial charge < -0.3 is 4.74 Å². The van der Waals surface area contributed by atoms with Crippen LogP contribution in [0, 0.1) is 11.8 Å². The second kappa shape index (κ2) is 7.25. The van der Waals surface area contributed by atoms with Crippen molar-refractivity contribution >= 4 is 12.7 Å². The number of ether oxygens (including phenoxy) is 1. The van der Waals surface area contributed by atoms with E-state index in [1.807, 2.05) is 14.2 Å². The molecule has 1 nitrogen and oxygen atoms in total. The van der Waals surface area contributed by atoms with Gasteiger partial charge in [-0.05, 0) is 6.07 Å². The predicted molar refractivity (Wildman–Crippen MR) is 70.7 cm³/mol. The Morgan fingerprint density at radius 1 is 1.32 bits per heavy atom. The molecule has 0 atom stereocenters. The number of hydrogen-bond acceptors (Lipinski definition) is 1. The first-order valence-electron chi connectivity index (χ1n) is 6.01. The van der Waals surface area contributed by atoms with Gasteiger partial charge in [-0.15, -0.1) is 0 Å². The van der Waals surface area contributed by atoms with Crippen molar-refractivity contribution in [2.24, 2.45) is 0 Å². The van der Waals surface area contributed by atoms with Gasteiger partial charge in [-0.25, -0.2) is 0 Å². The number of benzene rings is 1. The molecule has 0 spiro atoms. The van der Waals surface area contributed by atoms with Gasteiger partial charge in [-0.2, -0.15) is 13.2 Å². The average molecular weight is 267 g/mol. The molecule has 1 aromatic rings. The molecular weight excluding hydrogens is 252 g/mol. The van der Waals surface area contributed by atoms with Crippen molar-refractivity contribution in [2.45, 2.75) is 25.8 Å². The molecule has 5 heteroatoms. The minimum Gasteiger partial charge on any atom is -0.384 e. The normalized spacial score (nSPS) is 10.8. The number of hydrogen-bond donors (Lipinski definition) is 0. The molecule has 0 heterocycles. The zero-order valence-corrected chi connectivity index (χ0v) is 11.0. The molecule has 0 saturated heterocycles. The Hall–Kier alpha value is -1.41. The summed E-state index contributed by atoms with van der Waals surface area (Å²) < 4.78 is 42.8. The minimum absolute atomic E-state index is 0.410. The van der Waals surface area contributed by atoms with Gasteiger partial charge in [0.2, 0.25) is 0 Å². The molecule has 19 heavy (non-hydrogen) atoms. The molecule has 0 N–H and O–H groups in total. The molecule has 0 saturated carbocycles. The van der Waals surface area contributed by atoms with E-state index in [0.29, 0.717) is 18.6 Å². The van der Waals surface area contributed by atoms with Gasteiger partial charge in [-0.1, -0.05) is 42.7 Å². The van der Waals surface area contributed by atoms with Crippen LogP contribution in [0.2, 0.25) is 6.32 Å². The number of halogens is 3. The van der Waals surface area contributed by atoms with Crippen LogP contribution in [0.3, 0.4) is 0 Å². The molecule has 1 aromatic carbocycles. The van der Waals surface area contributed by atoms with Crippen LogP contribution in [0.5, 0.6) is 0 Å². The van der Waals surface area contributed by atoms with Crippen LogP contribution < -0.4 is 5.46 Å². The van der Waals surface area contributed by atoms with Gasteiger partial charge in [0.25, 0.3) is 0 Å². The average Bonchev–Trinajstić information content (AvgIpc) is 2.35. The van der Waals surface area contributed by atoms with E-state index in [0.717, 1.165) is 23.9 Å². The lowest BCUT2D eigenvalue weighted by Crippen LogP contribution is -2.19. The van der Waals surface area contributed by atoms with E-state index in [-0.39, 0.29) is 0 Å². The highest BCUT2D eigenvalue weighted by molar-refractivity contribution is 6.54. The molecule has 1 radical (unpaired) electrons. The van der Waals surface area contributed by atoms with Gasteiger partial charge >= 0.3 is 6.18 Å². The fourth-order valence-corrected chi connectivity index (χ4v) is 1.55. The Morgan fingerprint density at radius 2 is 2.05 bits per heavy atom. The van der Waals surface area contributed by atoms with Gasteiger partial charge in [-0.3, -0.25) is 0 Å². The molecule has 0 aliphatic heterocycles. The predicted octanol–water partition coefficient (Wildman–Crippen LogP) is 2.86. The van der Waals surface area contributed by atoms with Crippen molar-refractivity contribution in [3.8, 4) is 11.8 Å². The summed E-state index contributed by atoms with van der Waals surface area (Å²) in [5.41, 5.74) is 0.477. The highest BCUT2D eigenvalue weighted by Crippen LogP contribution is 2.29. The third-order valence-corrected chi connectivity index (χ3v) is 2.46. The van der Waals surface area contributed by atoms with Crippen LogP contribution >= 0.6 is 0 Å². The van der Waals surface area contributed by atoms with E-state index in [1.54, 1.807) is 7.11 Å². The summed E-state index contributed by atoms with van der Waals surface area (Å²) in [6.45, 7) is 2.40. The maximum Gasteiger partial charge on any atom is 0.416 e. The zero-order valence-electron chi connectivity index (χ0n) is 11.0. The molecule has 0 aliphatic carbocycles. The SMILES string of the molecule is CC[B]c1ccc(C(F)(F)F)cc1C#CCCOC. The van der Waals surface area contributed by atoms with E-state index in [4.69, 9.17) is 4.74 Å². The fourth-order valence-electron chi connectivity index (χ4n) is 1.55. The highest BCUT2D eigenvalue weighted by atomic mass is 19.4. The first-order valence-corrected chi connectivity index (χ1v) is 6.01. The number of alkyl halides is 3. The van der Waals surface area contributed by atoms with Gasteiger partial charge in [0.15, 0.2) is 7.28 Å². The summed E-state index contributed by atoms with van der Waals surface area (Å²) >= 11 is 0. The summed E-state index contributed by atoms with van der Waals surface area (Å²) in [4.78, 5) is 0. The van der Waals surface area contributed by atoms with E-state index in [2.05, 4.69) is 11.8 Å². The standard InChI is InChI=1S/C14H15BF3O/c1-3-15-13-8-7-12(14(16,17)18)10-11(13)6-4-5-9-19-2/h7-8,10H,3,5,9H2,1-2H3.